The number of amides is 2. The average molecular weight is 367 g/mol. The normalized spacial score (nSPS) is 11.8. The highest BCUT2D eigenvalue weighted by Crippen LogP contribution is 2.29. The average Bonchev–Trinajstić information content (AvgIpc) is 2.53. The number of para-hydroxylation sites is 1. The van der Waals surface area contributed by atoms with Gasteiger partial charge in [0.1, 0.15) is 6.42 Å². The molecule has 4 nitrogen and oxygen atoms in total. The molecule has 0 spiro atoms. The lowest BCUT2D eigenvalue weighted by atomic mass is 9.86. The van der Waals surface area contributed by atoms with Crippen LogP contribution in [0.15, 0.2) is 48.5 Å². The molecule has 0 saturated heterocycles. The molecule has 0 atom stereocenters. The number of anilines is 2. The monoisotopic (exact) mass is 366 g/mol. The maximum atomic E-state index is 12.3. The fraction of sp³-hybridized carbons (Fsp3) is 0.391. The summed E-state index contributed by atoms with van der Waals surface area (Å²) in [5.41, 5.74) is 3.63. The van der Waals surface area contributed by atoms with Crippen LogP contribution < -0.4 is 10.6 Å². The van der Waals surface area contributed by atoms with E-state index in [1.807, 2.05) is 48.5 Å². The van der Waals surface area contributed by atoms with Gasteiger partial charge < -0.3 is 10.6 Å². The van der Waals surface area contributed by atoms with Gasteiger partial charge in [-0.1, -0.05) is 71.9 Å². The molecule has 27 heavy (non-hydrogen) atoms. The van der Waals surface area contributed by atoms with E-state index in [-0.39, 0.29) is 29.1 Å². The fourth-order valence-electron chi connectivity index (χ4n) is 2.85. The van der Waals surface area contributed by atoms with E-state index in [0.29, 0.717) is 5.69 Å². The first kappa shape index (κ1) is 20.7. The summed E-state index contributed by atoms with van der Waals surface area (Å²) in [4.78, 5) is 24.5. The van der Waals surface area contributed by atoms with Gasteiger partial charge in [0, 0.05) is 11.4 Å². The van der Waals surface area contributed by atoms with Crippen LogP contribution in [0.5, 0.6) is 0 Å². The molecule has 0 aliphatic heterocycles. The molecule has 4 heteroatoms. The molecule has 0 aliphatic carbocycles. The van der Waals surface area contributed by atoms with Gasteiger partial charge in [-0.2, -0.15) is 0 Å². The minimum absolute atomic E-state index is 0.0584. The molecule has 2 aromatic carbocycles. The van der Waals surface area contributed by atoms with E-state index in [1.54, 1.807) is 0 Å². The van der Waals surface area contributed by atoms with Crippen molar-refractivity contribution in [1.82, 2.24) is 0 Å². The lowest BCUT2D eigenvalue weighted by Gasteiger charge is -2.23. The quantitative estimate of drug-likeness (QED) is 0.726. The first-order valence-corrected chi connectivity index (χ1v) is 9.26. The number of nitrogens with one attached hydrogen (secondary N) is 2. The van der Waals surface area contributed by atoms with Gasteiger partial charge in [-0.25, -0.2) is 0 Å². The maximum Gasteiger partial charge on any atom is 0.233 e. The Kier molecular flexibility index (Phi) is 6.09. The van der Waals surface area contributed by atoms with Gasteiger partial charge in [0.25, 0.3) is 0 Å². The summed E-state index contributed by atoms with van der Waals surface area (Å²) in [5, 5.41) is 5.65. The zero-order valence-corrected chi connectivity index (χ0v) is 17.1. The Hall–Kier alpha value is -2.62. The van der Waals surface area contributed by atoms with Crippen LogP contribution in [0.2, 0.25) is 0 Å². The molecule has 2 N–H and O–H groups in total. The number of carbonyl (C=O) groups is 2. The van der Waals surface area contributed by atoms with Gasteiger partial charge in [-0.05, 0) is 40.2 Å². The van der Waals surface area contributed by atoms with E-state index < -0.39 is 0 Å². The Morgan fingerprint density at radius 3 is 1.85 bits per heavy atom. The van der Waals surface area contributed by atoms with E-state index in [0.717, 1.165) is 11.3 Å². The highest BCUT2D eigenvalue weighted by molar-refractivity contribution is 6.08. The summed E-state index contributed by atoms with van der Waals surface area (Å²) in [6.45, 7) is 12.7. The van der Waals surface area contributed by atoms with Crippen molar-refractivity contribution in [3.8, 4) is 0 Å². The lowest BCUT2D eigenvalue weighted by molar-refractivity contribution is -0.123. The van der Waals surface area contributed by atoms with Crippen molar-refractivity contribution < 1.29 is 9.59 Å². The second-order valence-electron chi connectivity index (χ2n) is 8.90. The maximum absolute atomic E-state index is 12.3. The topological polar surface area (TPSA) is 58.2 Å². The molecule has 2 rings (SSSR count). The Morgan fingerprint density at radius 1 is 0.741 bits per heavy atom. The summed E-state index contributed by atoms with van der Waals surface area (Å²) in [6, 6.07) is 15.4. The van der Waals surface area contributed by atoms with Crippen LogP contribution in [0, 0.1) is 0 Å². The smallest absolute Gasteiger partial charge is 0.233 e. The van der Waals surface area contributed by atoms with E-state index in [9.17, 15) is 9.59 Å². The summed E-state index contributed by atoms with van der Waals surface area (Å²) < 4.78 is 0. The minimum Gasteiger partial charge on any atom is -0.326 e. The van der Waals surface area contributed by atoms with Crippen LogP contribution in [-0.2, 0) is 20.4 Å². The van der Waals surface area contributed by atoms with Crippen LogP contribution in [0.4, 0.5) is 11.4 Å². The second kappa shape index (κ2) is 7.95. The first-order chi connectivity index (χ1) is 12.5. The lowest BCUT2D eigenvalue weighted by Crippen LogP contribution is -2.23. The largest absolute Gasteiger partial charge is 0.326 e. The second-order valence-corrected chi connectivity index (χ2v) is 8.90. The van der Waals surface area contributed by atoms with Gasteiger partial charge in [0.15, 0.2) is 0 Å². The van der Waals surface area contributed by atoms with Crippen molar-refractivity contribution >= 4 is 23.2 Å². The van der Waals surface area contributed by atoms with Crippen molar-refractivity contribution in [1.29, 1.82) is 0 Å². The molecular weight excluding hydrogens is 336 g/mol. The molecule has 2 amide bonds. The van der Waals surface area contributed by atoms with Gasteiger partial charge in [-0.3, -0.25) is 9.59 Å². The summed E-state index contributed by atoms with van der Waals surface area (Å²) >= 11 is 0. The molecule has 0 bridgehead atoms. The predicted molar refractivity (Wildman–Crippen MR) is 112 cm³/mol. The van der Waals surface area contributed by atoms with Crippen molar-refractivity contribution in [3.63, 3.8) is 0 Å². The highest BCUT2D eigenvalue weighted by Gasteiger charge is 2.19. The molecule has 0 radical (unpaired) electrons. The summed E-state index contributed by atoms with van der Waals surface area (Å²) in [5.74, 6) is -0.653. The summed E-state index contributed by atoms with van der Waals surface area (Å²) in [7, 11) is 0. The SMILES string of the molecule is CC(C)(C)c1ccc(NC(=O)CC(=O)Nc2ccccc2C(C)(C)C)cc1. The molecule has 0 unspecified atom stereocenters. The van der Waals surface area contributed by atoms with Crippen LogP contribution in [0.25, 0.3) is 0 Å². The number of rotatable bonds is 4. The van der Waals surface area contributed by atoms with Crippen LogP contribution >= 0.6 is 0 Å². The zero-order chi connectivity index (χ0) is 20.2. The van der Waals surface area contributed by atoms with Crippen molar-refractivity contribution in [3.05, 3.63) is 59.7 Å². The molecule has 0 heterocycles. The van der Waals surface area contributed by atoms with Crippen LogP contribution in [0.1, 0.15) is 59.1 Å². The summed E-state index contributed by atoms with van der Waals surface area (Å²) in [6.07, 6.45) is -0.223. The third-order valence-corrected chi connectivity index (χ3v) is 4.36. The Morgan fingerprint density at radius 2 is 1.30 bits per heavy atom. The number of hydrogen-bond acceptors (Lipinski definition) is 2. The van der Waals surface area contributed by atoms with Crippen LogP contribution in [0.3, 0.4) is 0 Å². The predicted octanol–water partition coefficient (Wildman–Crippen LogP) is 5.25. The fourth-order valence-corrected chi connectivity index (χ4v) is 2.85. The minimum atomic E-state index is -0.329. The molecule has 0 fully saturated rings. The molecular formula is C23H30N2O2. The molecule has 0 saturated carbocycles. The molecule has 144 valence electrons. The number of benzene rings is 2. The van der Waals surface area contributed by atoms with E-state index in [1.165, 1.54) is 5.56 Å². The van der Waals surface area contributed by atoms with E-state index in [2.05, 4.69) is 52.2 Å². The third kappa shape index (κ3) is 5.95. The van der Waals surface area contributed by atoms with Gasteiger partial charge in [0.2, 0.25) is 11.8 Å². The standard InChI is InChI=1S/C23H30N2O2/c1-22(2,3)16-11-13-17(14-12-16)24-20(26)15-21(27)25-19-10-8-7-9-18(19)23(4,5)6/h7-14H,15H2,1-6H3,(H,24,26)(H,25,27). The van der Waals surface area contributed by atoms with E-state index in [4.69, 9.17) is 0 Å². The van der Waals surface area contributed by atoms with Crippen molar-refractivity contribution in [2.24, 2.45) is 0 Å². The van der Waals surface area contributed by atoms with Gasteiger partial charge in [-0.15, -0.1) is 0 Å². The number of carbonyl (C=O) groups excluding carboxylic acids is 2. The van der Waals surface area contributed by atoms with Crippen molar-refractivity contribution in [2.45, 2.75) is 58.8 Å². The third-order valence-electron chi connectivity index (χ3n) is 4.36. The van der Waals surface area contributed by atoms with Gasteiger partial charge in [0.05, 0.1) is 0 Å². The molecule has 2 aromatic rings. The highest BCUT2D eigenvalue weighted by atomic mass is 16.2. The van der Waals surface area contributed by atoms with Crippen LogP contribution in [-0.4, -0.2) is 11.8 Å². The van der Waals surface area contributed by atoms with E-state index >= 15 is 0 Å². The molecule has 0 aromatic heterocycles. The Bertz CT molecular complexity index is 810. The Balaban J connectivity index is 1.98. The first-order valence-electron chi connectivity index (χ1n) is 9.26. The van der Waals surface area contributed by atoms with Crippen molar-refractivity contribution in [2.75, 3.05) is 10.6 Å². The number of hydrogen-bond donors (Lipinski definition) is 2. The zero-order valence-electron chi connectivity index (χ0n) is 17.1. The van der Waals surface area contributed by atoms with Gasteiger partial charge >= 0.3 is 0 Å². The Labute approximate surface area is 162 Å². The molecule has 0 aliphatic rings.